The maximum atomic E-state index is 11.9. The lowest BCUT2D eigenvalue weighted by molar-refractivity contribution is 0.0947. The first kappa shape index (κ1) is 12.6. The van der Waals surface area contributed by atoms with Crippen LogP contribution < -0.4 is 11.1 Å². The Morgan fingerprint density at radius 1 is 1.32 bits per heavy atom. The summed E-state index contributed by atoms with van der Waals surface area (Å²) in [6.07, 6.45) is 1.52. The standard InChI is InChI=1S/C14H12N4O/c15-8-10-3-5-11(6-4-10)9-18-14(19)13-12(16)2-1-7-17-13/h1-7H,9,16H2,(H,18,19). The molecule has 3 N–H and O–H groups in total. The van der Waals surface area contributed by atoms with E-state index in [-0.39, 0.29) is 11.6 Å². The molecule has 5 nitrogen and oxygen atoms in total. The minimum absolute atomic E-state index is 0.219. The molecule has 1 aromatic heterocycles. The molecular weight excluding hydrogens is 240 g/mol. The van der Waals surface area contributed by atoms with Gasteiger partial charge in [0.25, 0.3) is 5.91 Å². The number of benzene rings is 1. The number of hydrogen-bond donors (Lipinski definition) is 2. The highest BCUT2D eigenvalue weighted by atomic mass is 16.1. The maximum absolute atomic E-state index is 11.9. The van der Waals surface area contributed by atoms with Gasteiger partial charge in [-0.05, 0) is 29.8 Å². The zero-order valence-corrected chi connectivity index (χ0v) is 10.1. The van der Waals surface area contributed by atoms with E-state index in [4.69, 9.17) is 11.0 Å². The van der Waals surface area contributed by atoms with Crippen LogP contribution in [-0.4, -0.2) is 10.9 Å². The third-order valence-electron chi connectivity index (χ3n) is 2.59. The molecule has 1 heterocycles. The number of nitrogens with zero attached hydrogens (tertiary/aromatic N) is 2. The number of nitrogen functional groups attached to an aromatic ring is 1. The molecule has 0 aliphatic carbocycles. The molecule has 0 fully saturated rings. The van der Waals surface area contributed by atoms with Gasteiger partial charge in [-0.15, -0.1) is 0 Å². The van der Waals surface area contributed by atoms with E-state index in [9.17, 15) is 4.79 Å². The number of aromatic nitrogens is 1. The zero-order valence-electron chi connectivity index (χ0n) is 10.1. The molecule has 2 rings (SSSR count). The molecule has 2 aromatic rings. The molecule has 94 valence electrons. The van der Waals surface area contributed by atoms with Crippen LogP contribution in [0.1, 0.15) is 21.6 Å². The SMILES string of the molecule is N#Cc1ccc(CNC(=O)c2ncccc2N)cc1. The van der Waals surface area contributed by atoms with Crippen molar-refractivity contribution in [2.75, 3.05) is 5.73 Å². The molecule has 0 bridgehead atoms. The molecule has 0 unspecified atom stereocenters. The lowest BCUT2D eigenvalue weighted by Gasteiger charge is -2.06. The molecule has 0 atom stereocenters. The molecule has 1 aromatic carbocycles. The maximum Gasteiger partial charge on any atom is 0.272 e. The van der Waals surface area contributed by atoms with E-state index in [1.165, 1.54) is 6.20 Å². The van der Waals surface area contributed by atoms with Gasteiger partial charge < -0.3 is 11.1 Å². The summed E-state index contributed by atoms with van der Waals surface area (Å²) in [4.78, 5) is 15.8. The van der Waals surface area contributed by atoms with Crippen LogP contribution in [0, 0.1) is 11.3 Å². The first-order valence-electron chi connectivity index (χ1n) is 5.68. The van der Waals surface area contributed by atoms with E-state index in [1.54, 1.807) is 36.4 Å². The number of carbonyl (C=O) groups excluding carboxylic acids is 1. The fourth-order valence-electron chi connectivity index (χ4n) is 1.57. The first-order valence-corrected chi connectivity index (χ1v) is 5.68. The Kier molecular flexibility index (Phi) is 3.74. The highest BCUT2D eigenvalue weighted by molar-refractivity contribution is 5.96. The Morgan fingerprint density at radius 2 is 2.05 bits per heavy atom. The van der Waals surface area contributed by atoms with Gasteiger partial charge in [0.1, 0.15) is 0 Å². The average Bonchev–Trinajstić information content (AvgIpc) is 2.46. The number of nitrogens with two attached hydrogens (primary N) is 1. The van der Waals surface area contributed by atoms with Crippen molar-refractivity contribution in [3.8, 4) is 6.07 Å². The first-order chi connectivity index (χ1) is 9.20. The van der Waals surface area contributed by atoms with Gasteiger partial charge in [-0.1, -0.05) is 12.1 Å². The molecule has 0 saturated carbocycles. The number of pyridine rings is 1. The van der Waals surface area contributed by atoms with E-state index >= 15 is 0 Å². The molecular formula is C14H12N4O. The van der Waals surface area contributed by atoms with Crippen LogP contribution in [0.15, 0.2) is 42.6 Å². The minimum Gasteiger partial charge on any atom is -0.397 e. The molecule has 0 saturated heterocycles. The molecule has 19 heavy (non-hydrogen) atoms. The number of hydrogen-bond acceptors (Lipinski definition) is 4. The normalized spacial score (nSPS) is 9.63. The third kappa shape index (κ3) is 3.07. The second kappa shape index (κ2) is 5.65. The van der Waals surface area contributed by atoms with Gasteiger partial charge in [0.05, 0.1) is 17.3 Å². The Hall–Kier alpha value is -2.87. The second-order valence-electron chi connectivity index (χ2n) is 3.93. The average molecular weight is 252 g/mol. The van der Waals surface area contributed by atoms with E-state index in [0.717, 1.165) is 5.56 Å². The predicted molar refractivity (Wildman–Crippen MR) is 71.0 cm³/mol. The summed E-state index contributed by atoms with van der Waals surface area (Å²) in [5, 5.41) is 11.4. The minimum atomic E-state index is -0.317. The van der Waals surface area contributed by atoms with Crippen LogP contribution in [0.4, 0.5) is 5.69 Å². The summed E-state index contributed by atoms with van der Waals surface area (Å²) in [5.74, 6) is -0.317. The summed E-state index contributed by atoms with van der Waals surface area (Å²) in [7, 11) is 0. The zero-order chi connectivity index (χ0) is 13.7. The van der Waals surface area contributed by atoms with Crippen molar-refractivity contribution < 1.29 is 4.79 Å². The molecule has 0 spiro atoms. The van der Waals surface area contributed by atoms with Crippen LogP contribution in [-0.2, 0) is 6.54 Å². The fraction of sp³-hybridized carbons (Fsp3) is 0.0714. The lowest BCUT2D eigenvalue weighted by atomic mass is 10.1. The molecule has 0 aliphatic rings. The number of amides is 1. The van der Waals surface area contributed by atoms with Crippen LogP contribution in [0.5, 0.6) is 0 Å². The van der Waals surface area contributed by atoms with Gasteiger partial charge in [0.2, 0.25) is 0 Å². The molecule has 0 radical (unpaired) electrons. The Balaban J connectivity index is 2.01. The molecule has 1 amide bonds. The largest absolute Gasteiger partial charge is 0.397 e. The van der Waals surface area contributed by atoms with Crippen molar-refractivity contribution >= 4 is 11.6 Å². The highest BCUT2D eigenvalue weighted by Crippen LogP contribution is 2.07. The second-order valence-corrected chi connectivity index (χ2v) is 3.93. The van der Waals surface area contributed by atoms with Crippen LogP contribution in [0.25, 0.3) is 0 Å². The van der Waals surface area contributed by atoms with E-state index < -0.39 is 0 Å². The number of carbonyl (C=O) groups is 1. The number of nitrogens with one attached hydrogen (secondary N) is 1. The number of nitriles is 1. The summed E-state index contributed by atoms with van der Waals surface area (Å²) in [6.45, 7) is 0.362. The van der Waals surface area contributed by atoms with Gasteiger partial charge in [-0.2, -0.15) is 5.26 Å². The summed E-state index contributed by atoms with van der Waals surface area (Å²) in [6, 6.07) is 12.3. The van der Waals surface area contributed by atoms with E-state index in [2.05, 4.69) is 10.3 Å². The third-order valence-corrected chi connectivity index (χ3v) is 2.59. The Bertz CT molecular complexity index is 629. The highest BCUT2D eigenvalue weighted by Gasteiger charge is 2.09. The van der Waals surface area contributed by atoms with Crippen molar-refractivity contribution in [3.63, 3.8) is 0 Å². The van der Waals surface area contributed by atoms with E-state index in [1.807, 2.05) is 6.07 Å². The molecule has 0 aliphatic heterocycles. The fourth-order valence-corrected chi connectivity index (χ4v) is 1.57. The van der Waals surface area contributed by atoms with Gasteiger partial charge in [-0.25, -0.2) is 4.98 Å². The van der Waals surface area contributed by atoms with Crippen molar-refractivity contribution in [2.45, 2.75) is 6.54 Å². The van der Waals surface area contributed by atoms with Crippen molar-refractivity contribution in [1.82, 2.24) is 10.3 Å². The van der Waals surface area contributed by atoms with Gasteiger partial charge >= 0.3 is 0 Å². The quantitative estimate of drug-likeness (QED) is 0.865. The smallest absolute Gasteiger partial charge is 0.272 e. The van der Waals surface area contributed by atoms with Crippen molar-refractivity contribution in [3.05, 3.63) is 59.4 Å². The van der Waals surface area contributed by atoms with Crippen molar-refractivity contribution in [2.24, 2.45) is 0 Å². The molecule has 5 heteroatoms. The number of rotatable bonds is 3. The van der Waals surface area contributed by atoms with E-state index in [0.29, 0.717) is 17.8 Å². The van der Waals surface area contributed by atoms with Gasteiger partial charge in [-0.3, -0.25) is 4.79 Å². The Labute approximate surface area is 110 Å². The summed E-state index contributed by atoms with van der Waals surface area (Å²) >= 11 is 0. The van der Waals surface area contributed by atoms with Crippen molar-refractivity contribution in [1.29, 1.82) is 5.26 Å². The van der Waals surface area contributed by atoms with Gasteiger partial charge in [0.15, 0.2) is 5.69 Å². The summed E-state index contributed by atoms with van der Waals surface area (Å²) in [5.41, 5.74) is 7.73. The number of anilines is 1. The summed E-state index contributed by atoms with van der Waals surface area (Å²) < 4.78 is 0. The van der Waals surface area contributed by atoms with Gasteiger partial charge in [0, 0.05) is 12.7 Å². The van der Waals surface area contributed by atoms with Crippen LogP contribution >= 0.6 is 0 Å². The lowest BCUT2D eigenvalue weighted by Crippen LogP contribution is -2.24. The van der Waals surface area contributed by atoms with Crippen LogP contribution in [0.3, 0.4) is 0 Å². The van der Waals surface area contributed by atoms with Crippen LogP contribution in [0.2, 0.25) is 0 Å². The predicted octanol–water partition coefficient (Wildman–Crippen LogP) is 1.47. The monoisotopic (exact) mass is 252 g/mol. The topological polar surface area (TPSA) is 91.8 Å². The Morgan fingerprint density at radius 3 is 2.68 bits per heavy atom.